The van der Waals surface area contributed by atoms with Crippen molar-refractivity contribution in [1.82, 2.24) is 20.6 Å². The van der Waals surface area contributed by atoms with Crippen LogP contribution in [0, 0.1) is 6.92 Å². The summed E-state index contributed by atoms with van der Waals surface area (Å²) in [5.74, 6) is 1.91. The Balaban J connectivity index is 1.73. The molecule has 2 amide bonds. The molecule has 0 radical (unpaired) electrons. The van der Waals surface area contributed by atoms with Gasteiger partial charge in [0.2, 0.25) is 0 Å². The maximum Gasteiger partial charge on any atom is 0.315 e. The number of hydrogen-bond donors (Lipinski definition) is 2. The van der Waals surface area contributed by atoms with E-state index in [9.17, 15) is 4.79 Å². The summed E-state index contributed by atoms with van der Waals surface area (Å²) in [4.78, 5) is 20.0. The molecule has 0 spiro atoms. The summed E-state index contributed by atoms with van der Waals surface area (Å²) in [7, 11) is 0. The van der Waals surface area contributed by atoms with E-state index in [0.717, 1.165) is 11.5 Å². The minimum absolute atomic E-state index is 0.134. The lowest BCUT2D eigenvalue weighted by Crippen LogP contribution is -2.42. The second-order valence-electron chi connectivity index (χ2n) is 5.03. The zero-order valence-electron chi connectivity index (χ0n) is 11.4. The molecular weight excluding hydrogens is 260 g/mol. The molecule has 1 fully saturated rings. The van der Waals surface area contributed by atoms with Gasteiger partial charge in [0.05, 0.1) is 12.2 Å². The van der Waals surface area contributed by atoms with Crippen molar-refractivity contribution in [2.45, 2.75) is 38.0 Å². The Labute approximate surface area is 118 Å². The van der Waals surface area contributed by atoms with Crippen molar-refractivity contribution < 1.29 is 4.79 Å². The quantitative estimate of drug-likeness (QED) is 0.883. The minimum atomic E-state index is -0.134. The molecule has 0 aromatic carbocycles. The van der Waals surface area contributed by atoms with Gasteiger partial charge in [0.1, 0.15) is 5.82 Å². The van der Waals surface area contributed by atoms with Crippen LogP contribution in [0.4, 0.5) is 4.79 Å². The summed E-state index contributed by atoms with van der Waals surface area (Å²) < 4.78 is 0.197. The van der Waals surface area contributed by atoms with Gasteiger partial charge in [-0.25, -0.2) is 14.8 Å². The van der Waals surface area contributed by atoms with Crippen LogP contribution in [0.5, 0.6) is 0 Å². The third kappa shape index (κ3) is 4.38. The molecule has 1 aromatic heterocycles. The Morgan fingerprint density at radius 1 is 1.53 bits per heavy atom. The van der Waals surface area contributed by atoms with E-state index in [4.69, 9.17) is 0 Å². The molecule has 1 aliphatic rings. The number of nitrogens with zero attached hydrogens (tertiary/aromatic N) is 2. The van der Waals surface area contributed by atoms with Crippen molar-refractivity contribution in [3.05, 3.63) is 23.8 Å². The number of hydrogen-bond acceptors (Lipinski definition) is 4. The van der Waals surface area contributed by atoms with Gasteiger partial charge in [-0.05, 0) is 38.5 Å². The molecule has 0 aliphatic carbocycles. The molecule has 0 unspecified atom stereocenters. The standard InChI is InChI=1S/C13H20N4OS/c1-10-14-6-4-11(17-10)8-15-12(18)16-9-13(2)5-3-7-19-13/h4,6H,3,5,7-9H2,1-2H3,(H2,15,16,18)/t13-/m1/s1. The monoisotopic (exact) mass is 280 g/mol. The number of carbonyl (C=O) groups is 1. The number of amides is 2. The molecule has 5 nitrogen and oxygen atoms in total. The van der Waals surface area contributed by atoms with Crippen LogP contribution in [0.15, 0.2) is 12.3 Å². The summed E-state index contributed by atoms with van der Waals surface area (Å²) in [6.45, 7) is 5.19. The highest BCUT2D eigenvalue weighted by Crippen LogP contribution is 2.36. The first-order valence-corrected chi connectivity index (χ1v) is 7.50. The lowest BCUT2D eigenvalue weighted by molar-refractivity contribution is 0.239. The number of thioether (sulfide) groups is 1. The SMILES string of the molecule is Cc1nccc(CNC(=O)NC[C@@]2(C)CCCS2)n1. The molecule has 19 heavy (non-hydrogen) atoms. The van der Waals surface area contributed by atoms with Crippen LogP contribution < -0.4 is 10.6 Å². The maximum absolute atomic E-state index is 11.7. The Bertz CT molecular complexity index is 446. The molecular formula is C13H20N4OS. The fourth-order valence-electron chi connectivity index (χ4n) is 2.08. The first kappa shape index (κ1) is 14.1. The second kappa shape index (κ2) is 6.23. The first-order chi connectivity index (χ1) is 9.07. The minimum Gasteiger partial charge on any atom is -0.337 e. The van der Waals surface area contributed by atoms with Crippen molar-refractivity contribution in [2.75, 3.05) is 12.3 Å². The lowest BCUT2D eigenvalue weighted by Gasteiger charge is -2.22. The average Bonchev–Trinajstić information content (AvgIpc) is 2.82. The van der Waals surface area contributed by atoms with E-state index >= 15 is 0 Å². The topological polar surface area (TPSA) is 66.9 Å². The van der Waals surface area contributed by atoms with Crippen molar-refractivity contribution in [1.29, 1.82) is 0 Å². The third-order valence-corrected chi connectivity index (χ3v) is 4.73. The van der Waals surface area contributed by atoms with E-state index in [1.165, 1.54) is 18.6 Å². The van der Waals surface area contributed by atoms with Gasteiger partial charge in [-0.15, -0.1) is 0 Å². The van der Waals surface area contributed by atoms with E-state index < -0.39 is 0 Å². The van der Waals surface area contributed by atoms with Gasteiger partial charge in [0.15, 0.2) is 0 Å². The number of carbonyl (C=O) groups excluding carboxylic acids is 1. The summed E-state index contributed by atoms with van der Waals surface area (Å²) in [6, 6.07) is 1.67. The molecule has 0 bridgehead atoms. The molecule has 2 N–H and O–H groups in total. The fourth-order valence-corrected chi connectivity index (χ4v) is 3.32. The van der Waals surface area contributed by atoms with Gasteiger partial charge in [0.25, 0.3) is 0 Å². The Morgan fingerprint density at radius 3 is 3.05 bits per heavy atom. The van der Waals surface area contributed by atoms with Crippen LogP contribution in [-0.4, -0.2) is 33.0 Å². The Hall–Kier alpha value is -1.30. The highest BCUT2D eigenvalue weighted by molar-refractivity contribution is 8.00. The number of aromatic nitrogens is 2. The molecule has 1 atom stereocenters. The van der Waals surface area contributed by atoms with E-state index in [1.807, 2.05) is 18.7 Å². The van der Waals surface area contributed by atoms with Crippen molar-refractivity contribution >= 4 is 17.8 Å². The maximum atomic E-state index is 11.7. The van der Waals surface area contributed by atoms with Crippen LogP contribution in [0.1, 0.15) is 31.3 Å². The van der Waals surface area contributed by atoms with Gasteiger partial charge in [-0.2, -0.15) is 11.8 Å². The van der Waals surface area contributed by atoms with Gasteiger partial charge in [0, 0.05) is 17.5 Å². The smallest absolute Gasteiger partial charge is 0.315 e. The van der Waals surface area contributed by atoms with Gasteiger partial charge in [-0.3, -0.25) is 0 Å². The molecule has 1 aromatic rings. The van der Waals surface area contributed by atoms with E-state index in [0.29, 0.717) is 13.1 Å². The highest BCUT2D eigenvalue weighted by Gasteiger charge is 2.29. The molecule has 0 saturated carbocycles. The average molecular weight is 280 g/mol. The zero-order valence-corrected chi connectivity index (χ0v) is 12.2. The summed E-state index contributed by atoms with van der Waals surface area (Å²) in [6.07, 6.45) is 4.11. The summed E-state index contributed by atoms with van der Waals surface area (Å²) in [5, 5.41) is 5.75. The van der Waals surface area contributed by atoms with Gasteiger partial charge in [-0.1, -0.05) is 0 Å². The summed E-state index contributed by atoms with van der Waals surface area (Å²) in [5.41, 5.74) is 0.823. The molecule has 104 valence electrons. The number of aryl methyl sites for hydroxylation is 1. The van der Waals surface area contributed by atoms with Crippen molar-refractivity contribution in [2.24, 2.45) is 0 Å². The van der Waals surface area contributed by atoms with E-state index in [-0.39, 0.29) is 10.8 Å². The second-order valence-corrected chi connectivity index (χ2v) is 6.72. The zero-order chi connectivity index (χ0) is 13.7. The largest absolute Gasteiger partial charge is 0.337 e. The lowest BCUT2D eigenvalue weighted by atomic mass is 10.1. The fraction of sp³-hybridized carbons (Fsp3) is 0.615. The van der Waals surface area contributed by atoms with Crippen molar-refractivity contribution in [3.63, 3.8) is 0 Å². The normalized spacial score (nSPS) is 22.2. The van der Waals surface area contributed by atoms with Crippen LogP contribution >= 0.6 is 11.8 Å². The molecule has 1 aliphatic heterocycles. The predicted octanol–water partition coefficient (Wildman–Crippen LogP) is 1.87. The van der Waals surface area contributed by atoms with Crippen LogP contribution in [0.25, 0.3) is 0 Å². The van der Waals surface area contributed by atoms with Gasteiger partial charge < -0.3 is 10.6 Å². The first-order valence-electron chi connectivity index (χ1n) is 6.52. The Morgan fingerprint density at radius 2 is 2.37 bits per heavy atom. The molecule has 1 saturated heterocycles. The van der Waals surface area contributed by atoms with E-state index in [2.05, 4.69) is 27.5 Å². The van der Waals surface area contributed by atoms with Crippen LogP contribution in [0.2, 0.25) is 0 Å². The number of nitrogens with one attached hydrogen (secondary N) is 2. The summed E-state index contributed by atoms with van der Waals surface area (Å²) >= 11 is 1.94. The molecule has 6 heteroatoms. The van der Waals surface area contributed by atoms with Crippen LogP contribution in [-0.2, 0) is 6.54 Å². The Kier molecular flexibility index (Phi) is 4.63. The van der Waals surface area contributed by atoms with Crippen molar-refractivity contribution in [3.8, 4) is 0 Å². The predicted molar refractivity (Wildman–Crippen MR) is 77.1 cm³/mol. The highest BCUT2D eigenvalue weighted by atomic mass is 32.2. The molecule has 2 heterocycles. The number of rotatable bonds is 4. The van der Waals surface area contributed by atoms with Gasteiger partial charge >= 0.3 is 6.03 Å². The molecule has 2 rings (SSSR count). The van der Waals surface area contributed by atoms with E-state index in [1.54, 1.807) is 12.3 Å². The third-order valence-electron chi connectivity index (χ3n) is 3.19. The van der Waals surface area contributed by atoms with Crippen LogP contribution in [0.3, 0.4) is 0 Å². The number of urea groups is 1.